The van der Waals surface area contributed by atoms with Crippen LogP contribution in [0.15, 0.2) is 36.4 Å². The van der Waals surface area contributed by atoms with E-state index < -0.39 is 105 Å². The molecule has 7 atom stereocenters. The van der Waals surface area contributed by atoms with Crippen LogP contribution in [0.2, 0.25) is 5.02 Å². The predicted molar refractivity (Wildman–Crippen MR) is 212 cm³/mol. The second-order valence-electron chi connectivity index (χ2n) is 17.4. The molecule has 336 valence electrons. The first kappa shape index (κ1) is 46.1. The summed E-state index contributed by atoms with van der Waals surface area (Å²) in [4.78, 5) is 61.8. The van der Waals surface area contributed by atoms with E-state index in [2.05, 4.69) is 15.0 Å². The molecule has 2 aliphatic carbocycles. The number of hydrogen-bond donors (Lipinski definition) is 3. The van der Waals surface area contributed by atoms with Crippen LogP contribution in [0.25, 0.3) is 10.8 Å². The van der Waals surface area contributed by atoms with Gasteiger partial charge in [0.15, 0.2) is 6.61 Å². The molecule has 1 saturated heterocycles. The average Bonchev–Trinajstić information content (AvgIpc) is 4.04. The monoisotopic (exact) mass is 905 g/mol. The molecule has 6 rings (SSSR count). The van der Waals surface area contributed by atoms with Gasteiger partial charge in [0.1, 0.15) is 29.3 Å². The zero-order valence-electron chi connectivity index (χ0n) is 34.1. The number of amides is 4. The minimum atomic E-state index is -5.16. The first-order valence-corrected chi connectivity index (χ1v) is 21.8. The fraction of sp³-hybridized carbons (Fsp3) is 0.625. The van der Waals surface area contributed by atoms with Gasteiger partial charge in [-0.2, -0.15) is 18.2 Å². The summed E-state index contributed by atoms with van der Waals surface area (Å²) in [5.74, 6) is -5.61. The molecule has 3 N–H and O–H groups in total. The minimum absolute atomic E-state index is 0.0161. The highest BCUT2D eigenvalue weighted by Gasteiger charge is 2.64. The summed E-state index contributed by atoms with van der Waals surface area (Å²) in [7, 11) is -4.18. The van der Waals surface area contributed by atoms with Gasteiger partial charge in [0, 0.05) is 34.2 Å². The third-order valence-electron chi connectivity index (χ3n) is 12.4. The Balaban J connectivity index is 1.44. The van der Waals surface area contributed by atoms with Crippen LogP contribution in [-0.2, 0) is 24.4 Å². The van der Waals surface area contributed by atoms with Gasteiger partial charge in [-0.15, -0.1) is 0 Å². The number of benzene rings is 1. The number of rotatable bonds is 10. The Bertz CT molecular complexity index is 2210. The molecule has 0 radical (unpaired) electrons. The quantitative estimate of drug-likeness (QED) is 0.177. The Morgan fingerprint density at radius 2 is 1.84 bits per heavy atom. The SMILES string of the molecule is C[C@@H]1CCC=C[C@@H]2C[C@@]2(C(=O)NS(=O)(=O)C2(C)CC2)NC(=O)[C@@H]2C[C@@H](Oc3nc(OCC(F)F)cc4c(Cl)cccc34)CN2C(=O)[C@@H](N(C(=O)O)C(C)(C)C(F)(F)F)[C@H](C)C1. The van der Waals surface area contributed by atoms with Gasteiger partial charge in [-0.05, 0) is 83.3 Å². The van der Waals surface area contributed by atoms with Crippen molar-refractivity contribution in [1.82, 2.24) is 24.8 Å². The lowest BCUT2D eigenvalue weighted by Crippen LogP contribution is -2.66. The van der Waals surface area contributed by atoms with Gasteiger partial charge in [0.05, 0.1) is 11.3 Å². The molecule has 2 aromatic rings. The third-order valence-corrected chi connectivity index (χ3v) is 14.9. The maximum absolute atomic E-state index is 15.0. The molecule has 2 aliphatic heterocycles. The molecule has 0 bridgehead atoms. The second kappa shape index (κ2) is 16.7. The summed E-state index contributed by atoms with van der Waals surface area (Å²) in [6, 6.07) is 2.33. The molecule has 4 aliphatic rings. The van der Waals surface area contributed by atoms with E-state index in [1.54, 1.807) is 31.2 Å². The highest BCUT2D eigenvalue weighted by atomic mass is 35.5. The predicted octanol–water partition coefficient (Wildman–Crippen LogP) is 6.46. The number of carboxylic acid groups (broad SMARTS) is 1. The fourth-order valence-electron chi connectivity index (χ4n) is 8.24. The first-order valence-electron chi connectivity index (χ1n) is 19.9. The zero-order chi connectivity index (χ0) is 45.0. The van der Waals surface area contributed by atoms with Crippen LogP contribution in [0, 0.1) is 17.8 Å². The van der Waals surface area contributed by atoms with Gasteiger partial charge in [-0.25, -0.2) is 22.0 Å². The van der Waals surface area contributed by atoms with Crippen molar-refractivity contribution in [1.29, 1.82) is 0 Å². The molecule has 1 aromatic carbocycles. The molecular formula is C40H49ClF5N5O9S. The fourth-order valence-corrected chi connectivity index (χ4v) is 9.78. The Morgan fingerprint density at radius 3 is 2.46 bits per heavy atom. The van der Waals surface area contributed by atoms with Gasteiger partial charge in [-0.3, -0.25) is 24.0 Å². The summed E-state index contributed by atoms with van der Waals surface area (Å²) in [5.41, 5.74) is -4.90. The summed E-state index contributed by atoms with van der Waals surface area (Å²) < 4.78 is 109. The maximum Gasteiger partial charge on any atom is 0.411 e. The van der Waals surface area contributed by atoms with Gasteiger partial charge in [0.2, 0.25) is 33.6 Å². The largest absolute Gasteiger partial charge is 0.472 e. The van der Waals surface area contributed by atoms with Crippen molar-refractivity contribution in [2.75, 3.05) is 13.2 Å². The van der Waals surface area contributed by atoms with Crippen LogP contribution in [0.4, 0.5) is 26.7 Å². The molecule has 14 nitrogen and oxygen atoms in total. The van der Waals surface area contributed by atoms with Gasteiger partial charge in [-0.1, -0.05) is 43.7 Å². The van der Waals surface area contributed by atoms with Crippen molar-refractivity contribution in [3.05, 3.63) is 41.4 Å². The van der Waals surface area contributed by atoms with E-state index in [0.717, 1.165) is 4.90 Å². The third kappa shape index (κ3) is 9.20. The van der Waals surface area contributed by atoms with E-state index in [1.165, 1.54) is 26.0 Å². The molecule has 4 amide bonds. The smallest absolute Gasteiger partial charge is 0.411 e. The topological polar surface area (TPSA) is 185 Å². The van der Waals surface area contributed by atoms with Crippen molar-refractivity contribution >= 4 is 56.2 Å². The number of pyridine rings is 1. The Hall–Kier alpha value is -4.46. The van der Waals surface area contributed by atoms with Crippen LogP contribution >= 0.6 is 11.6 Å². The lowest BCUT2D eigenvalue weighted by molar-refractivity contribution is -0.222. The molecule has 0 spiro atoms. The number of allylic oxidation sites excluding steroid dienone is 1. The Morgan fingerprint density at radius 1 is 1.15 bits per heavy atom. The number of carbonyl (C=O) groups excluding carboxylic acids is 3. The number of alkyl halides is 5. The van der Waals surface area contributed by atoms with Crippen LogP contribution in [-0.4, -0.2) is 112 Å². The number of aromatic nitrogens is 1. The summed E-state index contributed by atoms with van der Waals surface area (Å²) in [5, 5.41) is 13.9. The molecule has 61 heavy (non-hydrogen) atoms. The second-order valence-corrected chi connectivity index (χ2v) is 20.0. The molecule has 3 fully saturated rings. The summed E-state index contributed by atoms with van der Waals surface area (Å²) in [6.07, 6.45) is -6.62. The summed E-state index contributed by atoms with van der Waals surface area (Å²) in [6.45, 7) is 4.48. The lowest BCUT2D eigenvalue weighted by atomic mass is 9.85. The number of sulfonamides is 1. The van der Waals surface area contributed by atoms with Crippen molar-refractivity contribution in [3.8, 4) is 11.8 Å². The van der Waals surface area contributed by atoms with Crippen LogP contribution in [0.5, 0.6) is 11.8 Å². The highest BCUT2D eigenvalue weighted by Crippen LogP contribution is 2.48. The standard InChI is InChI=1S/C40H49ClF5N5O9S/c1-21-9-6-7-10-23-18-39(23,35(54)49-61(57,58)38(5)13-14-38)48-32(52)28-16-24(60-33-25-11-8-12-27(41)26(25)17-30(47-33)59-20-29(42)43)19-50(28)34(53)31(22(2)15-21)51(36(55)56)37(3,4)40(44,45)46/h7-8,10-12,17,21-24,28-29,31H,6,9,13-16,18-20H2,1-5H3,(H,48,52)(H,49,54)(H,55,56)/t21-,22-,23-,24-,28+,31+,39-/m1/s1. The lowest BCUT2D eigenvalue weighted by Gasteiger charge is -2.45. The van der Waals surface area contributed by atoms with Crippen LogP contribution in [0.3, 0.4) is 0 Å². The number of carbonyl (C=O) groups is 4. The molecule has 1 aromatic heterocycles. The van der Waals surface area contributed by atoms with Gasteiger partial charge in [0.25, 0.3) is 12.3 Å². The number of ether oxygens (including phenoxy) is 2. The number of nitrogens with one attached hydrogen (secondary N) is 2. The Kier molecular flexibility index (Phi) is 12.6. The highest BCUT2D eigenvalue weighted by molar-refractivity contribution is 7.91. The van der Waals surface area contributed by atoms with Crippen molar-refractivity contribution in [3.63, 3.8) is 0 Å². The first-order chi connectivity index (χ1) is 28.3. The van der Waals surface area contributed by atoms with Crippen molar-refractivity contribution in [2.45, 2.75) is 126 Å². The van der Waals surface area contributed by atoms with E-state index in [1.807, 2.05) is 0 Å². The summed E-state index contributed by atoms with van der Waals surface area (Å²) >= 11 is 6.43. The normalized spacial score (nSPS) is 28.2. The zero-order valence-corrected chi connectivity index (χ0v) is 35.7. The maximum atomic E-state index is 15.0. The van der Waals surface area contributed by atoms with E-state index in [0.29, 0.717) is 39.5 Å². The van der Waals surface area contributed by atoms with Gasteiger partial charge < -0.3 is 24.8 Å². The minimum Gasteiger partial charge on any atom is -0.472 e. The van der Waals surface area contributed by atoms with Crippen molar-refractivity contribution < 1.29 is 64.1 Å². The Labute approximate surface area is 354 Å². The number of fused-ring (bicyclic) bond motifs is 3. The number of nitrogens with zero attached hydrogens (tertiary/aromatic N) is 3. The number of halogens is 6. The van der Waals surface area contributed by atoms with E-state index in [9.17, 15) is 49.9 Å². The molecule has 21 heteroatoms. The average molecular weight is 906 g/mol. The number of hydrogen-bond acceptors (Lipinski definition) is 9. The molecule has 2 saturated carbocycles. The molecule has 0 unspecified atom stereocenters. The molecule has 3 heterocycles. The van der Waals surface area contributed by atoms with E-state index in [-0.39, 0.29) is 57.6 Å². The van der Waals surface area contributed by atoms with Crippen LogP contribution in [0.1, 0.15) is 79.6 Å². The van der Waals surface area contributed by atoms with Crippen LogP contribution < -0.4 is 19.5 Å². The molecular weight excluding hydrogens is 857 g/mol. The van der Waals surface area contributed by atoms with Crippen molar-refractivity contribution in [2.24, 2.45) is 17.8 Å². The van der Waals surface area contributed by atoms with E-state index >= 15 is 4.79 Å². The van der Waals surface area contributed by atoms with Gasteiger partial charge >= 0.3 is 12.3 Å². The van der Waals surface area contributed by atoms with E-state index in [4.69, 9.17) is 21.1 Å².